The average molecular weight is 398 g/mol. The lowest BCUT2D eigenvalue weighted by Gasteiger charge is -2.20. The summed E-state index contributed by atoms with van der Waals surface area (Å²) >= 11 is 0. The molecule has 0 unspecified atom stereocenters. The summed E-state index contributed by atoms with van der Waals surface area (Å²) in [5.41, 5.74) is 3.59. The Bertz CT molecular complexity index is 927. The summed E-state index contributed by atoms with van der Waals surface area (Å²) in [6.07, 6.45) is 0.0589. The van der Waals surface area contributed by atoms with Gasteiger partial charge in [-0.25, -0.2) is 4.39 Å². The fourth-order valence-corrected chi connectivity index (χ4v) is 3.23. The SMILES string of the molecule is Cc1cccc(N2C[C@H](C(=O)OCC(=O)NCc3ccc(F)cc3)CC2=O)c1C. The molecule has 7 heteroatoms. The van der Waals surface area contributed by atoms with Gasteiger partial charge in [-0.1, -0.05) is 24.3 Å². The fourth-order valence-electron chi connectivity index (χ4n) is 3.23. The van der Waals surface area contributed by atoms with Crippen molar-refractivity contribution in [1.82, 2.24) is 5.32 Å². The minimum Gasteiger partial charge on any atom is -0.455 e. The monoisotopic (exact) mass is 398 g/mol. The standard InChI is InChI=1S/C22H23FN2O4/c1-14-4-3-5-19(15(14)2)25-12-17(10-21(25)27)22(28)29-13-20(26)24-11-16-6-8-18(23)9-7-16/h3-9,17H,10-13H2,1-2H3,(H,24,26)/t17-/m1/s1. The third-order valence-corrected chi connectivity index (χ3v) is 5.07. The van der Waals surface area contributed by atoms with Crippen LogP contribution in [0.4, 0.5) is 10.1 Å². The number of esters is 1. The first kappa shape index (κ1) is 20.5. The van der Waals surface area contributed by atoms with Crippen molar-refractivity contribution in [1.29, 1.82) is 0 Å². The number of hydrogen-bond acceptors (Lipinski definition) is 4. The minimum absolute atomic E-state index is 0.0589. The van der Waals surface area contributed by atoms with Crippen LogP contribution in [0.2, 0.25) is 0 Å². The molecule has 0 saturated carbocycles. The minimum atomic E-state index is -0.604. The summed E-state index contributed by atoms with van der Waals surface area (Å²) in [7, 11) is 0. The van der Waals surface area contributed by atoms with Gasteiger partial charge >= 0.3 is 5.97 Å². The average Bonchev–Trinajstić information content (AvgIpc) is 3.09. The molecule has 1 saturated heterocycles. The van der Waals surface area contributed by atoms with Gasteiger partial charge < -0.3 is 15.0 Å². The highest BCUT2D eigenvalue weighted by molar-refractivity contribution is 6.00. The summed E-state index contributed by atoms with van der Waals surface area (Å²) < 4.78 is 18.0. The second kappa shape index (κ2) is 8.86. The van der Waals surface area contributed by atoms with Gasteiger partial charge in [-0.15, -0.1) is 0 Å². The molecular formula is C22H23FN2O4. The van der Waals surface area contributed by atoms with Crippen LogP contribution in [0.1, 0.15) is 23.1 Å². The van der Waals surface area contributed by atoms with Crippen LogP contribution < -0.4 is 10.2 Å². The molecule has 0 spiro atoms. The molecule has 1 aliphatic rings. The summed E-state index contributed by atoms with van der Waals surface area (Å²) in [6, 6.07) is 11.4. The van der Waals surface area contributed by atoms with Crippen LogP contribution in [0.15, 0.2) is 42.5 Å². The number of hydrogen-bond donors (Lipinski definition) is 1. The van der Waals surface area contributed by atoms with E-state index in [2.05, 4.69) is 5.32 Å². The maximum Gasteiger partial charge on any atom is 0.311 e. The molecule has 2 aromatic rings. The third kappa shape index (κ3) is 4.99. The summed E-state index contributed by atoms with van der Waals surface area (Å²) in [6.45, 7) is 3.93. The van der Waals surface area contributed by atoms with E-state index in [1.54, 1.807) is 17.0 Å². The van der Waals surface area contributed by atoms with Crippen molar-refractivity contribution in [2.24, 2.45) is 5.92 Å². The second-order valence-corrected chi connectivity index (χ2v) is 7.14. The number of nitrogens with zero attached hydrogens (tertiary/aromatic N) is 1. The summed E-state index contributed by atoms with van der Waals surface area (Å²) in [5, 5.41) is 2.61. The van der Waals surface area contributed by atoms with Crippen molar-refractivity contribution >= 4 is 23.5 Å². The first-order valence-corrected chi connectivity index (χ1v) is 9.39. The highest BCUT2D eigenvalue weighted by atomic mass is 19.1. The zero-order valence-electron chi connectivity index (χ0n) is 16.4. The Morgan fingerprint density at radius 1 is 1.17 bits per heavy atom. The first-order chi connectivity index (χ1) is 13.8. The molecule has 0 aromatic heterocycles. The molecule has 0 bridgehead atoms. The van der Waals surface area contributed by atoms with E-state index in [9.17, 15) is 18.8 Å². The number of aryl methyl sites for hydroxylation is 1. The molecule has 2 aromatic carbocycles. The van der Waals surface area contributed by atoms with Crippen molar-refractivity contribution in [2.45, 2.75) is 26.8 Å². The van der Waals surface area contributed by atoms with Crippen LogP contribution in [0.25, 0.3) is 0 Å². The molecule has 2 amide bonds. The number of ether oxygens (including phenoxy) is 1. The number of anilines is 1. The van der Waals surface area contributed by atoms with Gasteiger partial charge in [0.25, 0.3) is 5.91 Å². The van der Waals surface area contributed by atoms with Crippen LogP contribution in [0, 0.1) is 25.6 Å². The molecule has 1 heterocycles. The maximum atomic E-state index is 12.9. The summed E-state index contributed by atoms with van der Waals surface area (Å²) in [4.78, 5) is 38.2. The Balaban J connectivity index is 1.49. The van der Waals surface area contributed by atoms with E-state index < -0.39 is 24.4 Å². The van der Waals surface area contributed by atoms with E-state index in [0.717, 1.165) is 22.4 Å². The topological polar surface area (TPSA) is 75.7 Å². The van der Waals surface area contributed by atoms with Gasteiger partial charge in [0.15, 0.2) is 6.61 Å². The lowest BCUT2D eigenvalue weighted by molar-refractivity contribution is -0.152. The third-order valence-electron chi connectivity index (χ3n) is 5.07. The largest absolute Gasteiger partial charge is 0.455 e. The molecule has 6 nitrogen and oxygen atoms in total. The van der Waals surface area contributed by atoms with Crippen LogP contribution >= 0.6 is 0 Å². The molecule has 0 radical (unpaired) electrons. The van der Waals surface area contributed by atoms with Crippen LogP contribution in [0.3, 0.4) is 0 Å². The number of halogens is 1. The zero-order valence-corrected chi connectivity index (χ0v) is 16.4. The van der Waals surface area contributed by atoms with Gasteiger partial charge in [0.1, 0.15) is 5.82 Å². The normalized spacial score (nSPS) is 16.0. The van der Waals surface area contributed by atoms with E-state index in [0.29, 0.717) is 0 Å². The lowest BCUT2D eigenvalue weighted by atomic mass is 10.1. The Morgan fingerprint density at radius 3 is 2.62 bits per heavy atom. The quantitative estimate of drug-likeness (QED) is 0.759. The number of benzene rings is 2. The maximum absolute atomic E-state index is 12.9. The van der Waals surface area contributed by atoms with E-state index in [1.807, 2.05) is 32.0 Å². The molecule has 152 valence electrons. The van der Waals surface area contributed by atoms with Crippen molar-refractivity contribution in [3.8, 4) is 0 Å². The van der Waals surface area contributed by atoms with E-state index >= 15 is 0 Å². The van der Waals surface area contributed by atoms with Gasteiger partial charge in [-0.05, 0) is 48.7 Å². The second-order valence-electron chi connectivity index (χ2n) is 7.14. The first-order valence-electron chi connectivity index (χ1n) is 9.39. The molecule has 1 N–H and O–H groups in total. The van der Waals surface area contributed by atoms with Crippen LogP contribution in [-0.2, 0) is 25.7 Å². The van der Waals surface area contributed by atoms with E-state index in [1.165, 1.54) is 12.1 Å². The molecule has 3 rings (SSSR count). The number of carbonyl (C=O) groups is 3. The van der Waals surface area contributed by atoms with E-state index in [4.69, 9.17) is 4.74 Å². The molecule has 1 aliphatic heterocycles. The number of nitrogens with one attached hydrogen (secondary N) is 1. The number of amides is 2. The summed E-state index contributed by atoms with van der Waals surface area (Å²) in [5.74, 6) is -2.12. The van der Waals surface area contributed by atoms with Crippen LogP contribution in [-0.4, -0.2) is 30.9 Å². The number of carbonyl (C=O) groups excluding carboxylic acids is 3. The highest BCUT2D eigenvalue weighted by Crippen LogP contribution is 2.29. The van der Waals surface area contributed by atoms with E-state index in [-0.39, 0.29) is 31.2 Å². The molecular weight excluding hydrogens is 375 g/mol. The Kier molecular flexibility index (Phi) is 6.26. The van der Waals surface area contributed by atoms with Crippen molar-refractivity contribution in [3.63, 3.8) is 0 Å². The Labute approximate surface area is 168 Å². The fraction of sp³-hybridized carbons (Fsp3) is 0.318. The van der Waals surface area contributed by atoms with Crippen LogP contribution in [0.5, 0.6) is 0 Å². The predicted octanol–water partition coefficient (Wildman–Crippen LogP) is 2.66. The zero-order chi connectivity index (χ0) is 21.0. The van der Waals surface area contributed by atoms with Crippen molar-refractivity contribution < 1.29 is 23.5 Å². The molecule has 29 heavy (non-hydrogen) atoms. The van der Waals surface area contributed by atoms with Crippen molar-refractivity contribution in [2.75, 3.05) is 18.1 Å². The van der Waals surface area contributed by atoms with Gasteiger partial charge in [0.05, 0.1) is 5.92 Å². The Hall–Kier alpha value is -3.22. The lowest BCUT2D eigenvalue weighted by Crippen LogP contribution is -2.31. The smallest absolute Gasteiger partial charge is 0.311 e. The number of rotatable bonds is 6. The molecule has 1 fully saturated rings. The molecule has 0 aliphatic carbocycles. The van der Waals surface area contributed by atoms with Gasteiger partial charge in [-0.3, -0.25) is 14.4 Å². The van der Waals surface area contributed by atoms with Gasteiger partial charge in [0, 0.05) is 25.2 Å². The highest BCUT2D eigenvalue weighted by Gasteiger charge is 2.37. The van der Waals surface area contributed by atoms with Gasteiger partial charge in [0.2, 0.25) is 5.91 Å². The van der Waals surface area contributed by atoms with Crippen molar-refractivity contribution in [3.05, 3.63) is 65.0 Å². The predicted molar refractivity (Wildman–Crippen MR) is 106 cm³/mol. The molecule has 1 atom stereocenters. The van der Waals surface area contributed by atoms with Gasteiger partial charge in [-0.2, -0.15) is 0 Å². The Morgan fingerprint density at radius 2 is 1.90 bits per heavy atom.